The van der Waals surface area contributed by atoms with Crippen LogP contribution in [-0.2, 0) is 9.53 Å². The highest BCUT2D eigenvalue weighted by Gasteiger charge is 2.50. The number of rotatable bonds is 3. The van der Waals surface area contributed by atoms with Crippen LogP contribution in [0.3, 0.4) is 0 Å². The zero-order valence-corrected chi connectivity index (χ0v) is 13.1. The molecule has 4 heteroatoms. The van der Waals surface area contributed by atoms with Crippen LogP contribution >= 0.6 is 11.6 Å². The summed E-state index contributed by atoms with van der Waals surface area (Å²) in [5.74, 6) is 1.25. The monoisotopic (exact) mass is 306 g/mol. The average molecular weight is 307 g/mol. The van der Waals surface area contributed by atoms with Crippen LogP contribution in [0.5, 0.6) is 5.75 Å². The molecule has 1 aliphatic carbocycles. The molecule has 0 aromatic heterocycles. The van der Waals surface area contributed by atoms with E-state index in [2.05, 4.69) is 0 Å². The molecule has 1 spiro atoms. The first-order valence-electron chi connectivity index (χ1n) is 7.42. The molecule has 0 atom stereocenters. The largest absolute Gasteiger partial charge is 0.491 e. The lowest BCUT2D eigenvalue weighted by atomic mass is 9.98. The number of ether oxygens (including phenoxy) is 2. The summed E-state index contributed by atoms with van der Waals surface area (Å²) >= 11 is 6.23. The number of hydrogen-bond donors (Lipinski definition) is 0. The number of ketones is 1. The van der Waals surface area contributed by atoms with Gasteiger partial charge in [0.1, 0.15) is 16.5 Å². The van der Waals surface area contributed by atoms with E-state index in [1.165, 1.54) is 0 Å². The van der Waals surface area contributed by atoms with Crippen molar-refractivity contribution < 1.29 is 14.3 Å². The second-order valence-electron chi connectivity index (χ2n) is 5.97. The molecule has 0 amide bonds. The fraction of sp³-hybridized carbons (Fsp3) is 0.471. The Balaban J connectivity index is 1.85. The van der Waals surface area contributed by atoms with Crippen molar-refractivity contribution >= 4 is 23.1 Å². The quantitative estimate of drug-likeness (QED) is 0.835. The van der Waals surface area contributed by atoms with Gasteiger partial charge in [0.2, 0.25) is 5.78 Å². The Morgan fingerprint density at radius 2 is 1.81 bits per heavy atom. The first-order valence-corrected chi connectivity index (χ1v) is 7.80. The van der Waals surface area contributed by atoms with Crippen molar-refractivity contribution in [3.63, 3.8) is 0 Å². The molecule has 1 saturated carbocycles. The predicted octanol–water partition coefficient (Wildman–Crippen LogP) is 4.29. The molecule has 1 fully saturated rings. The number of hydrogen-bond acceptors (Lipinski definition) is 3. The molecule has 0 radical (unpaired) electrons. The molecule has 0 N–H and O–H groups in total. The standard InChI is InChI=1S/C17H19ClO3/c1-11(2)20-13-7-5-12(6-8-13)15-14(18)16(19)17(21-15)9-3-4-10-17/h5-8,11H,3-4,9-10H2,1-2H3. The van der Waals surface area contributed by atoms with Gasteiger partial charge in [0.15, 0.2) is 5.60 Å². The average Bonchev–Trinajstić information content (AvgIpc) is 3.01. The maximum absolute atomic E-state index is 12.4. The SMILES string of the molecule is CC(C)Oc1ccc(C2=C(Cl)C(=O)C3(CCCC3)O2)cc1. The number of halogens is 1. The van der Waals surface area contributed by atoms with Crippen LogP contribution in [0.4, 0.5) is 0 Å². The summed E-state index contributed by atoms with van der Waals surface area (Å²) in [6, 6.07) is 7.52. The molecule has 21 heavy (non-hydrogen) atoms. The van der Waals surface area contributed by atoms with E-state index in [1.807, 2.05) is 38.1 Å². The third-order valence-corrected chi connectivity index (χ3v) is 4.35. The van der Waals surface area contributed by atoms with Gasteiger partial charge >= 0.3 is 0 Å². The molecule has 1 aromatic carbocycles. The Kier molecular flexibility index (Phi) is 3.70. The summed E-state index contributed by atoms with van der Waals surface area (Å²) in [5, 5.41) is 0.231. The fourth-order valence-electron chi connectivity index (χ4n) is 3.01. The maximum atomic E-state index is 12.4. The van der Waals surface area contributed by atoms with Crippen LogP contribution in [0.1, 0.15) is 45.1 Å². The highest BCUT2D eigenvalue weighted by molar-refractivity contribution is 6.47. The third-order valence-electron chi connectivity index (χ3n) is 4.01. The van der Waals surface area contributed by atoms with Gasteiger partial charge in [-0.1, -0.05) is 11.6 Å². The van der Waals surface area contributed by atoms with Gasteiger partial charge in [0.05, 0.1) is 6.10 Å². The van der Waals surface area contributed by atoms with Crippen molar-refractivity contribution in [3.8, 4) is 5.75 Å². The van der Waals surface area contributed by atoms with Crippen LogP contribution < -0.4 is 4.74 Å². The predicted molar refractivity (Wildman–Crippen MR) is 82.3 cm³/mol. The van der Waals surface area contributed by atoms with Crippen LogP contribution in [0.25, 0.3) is 5.76 Å². The lowest BCUT2D eigenvalue weighted by Crippen LogP contribution is -2.33. The highest BCUT2D eigenvalue weighted by atomic mass is 35.5. The summed E-state index contributed by atoms with van der Waals surface area (Å²) < 4.78 is 11.6. The molecule has 112 valence electrons. The summed E-state index contributed by atoms with van der Waals surface area (Å²) in [5.41, 5.74) is 0.132. The molecular formula is C17H19ClO3. The molecule has 1 heterocycles. The van der Waals surface area contributed by atoms with Crippen LogP contribution in [0.2, 0.25) is 0 Å². The third kappa shape index (κ3) is 2.55. The number of benzene rings is 1. The first-order chi connectivity index (χ1) is 10.0. The second-order valence-corrected chi connectivity index (χ2v) is 6.34. The van der Waals surface area contributed by atoms with E-state index >= 15 is 0 Å². The van der Waals surface area contributed by atoms with Gasteiger partial charge in [-0.05, 0) is 63.8 Å². The molecule has 0 saturated heterocycles. The lowest BCUT2D eigenvalue weighted by molar-refractivity contribution is -0.128. The number of carbonyl (C=O) groups is 1. The van der Waals surface area contributed by atoms with Crippen molar-refractivity contribution in [2.45, 2.75) is 51.2 Å². The van der Waals surface area contributed by atoms with E-state index in [1.54, 1.807) is 0 Å². The summed E-state index contributed by atoms with van der Waals surface area (Å²) in [6.45, 7) is 3.96. The van der Waals surface area contributed by atoms with Gasteiger partial charge in [-0.25, -0.2) is 0 Å². The molecular weight excluding hydrogens is 288 g/mol. The first kappa shape index (κ1) is 14.5. The van der Waals surface area contributed by atoms with E-state index in [0.29, 0.717) is 5.76 Å². The highest BCUT2D eigenvalue weighted by Crippen LogP contribution is 2.46. The van der Waals surface area contributed by atoms with E-state index in [4.69, 9.17) is 21.1 Å². The Morgan fingerprint density at radius 3 is 2.38 bits per heavy atom. The minimum absolute atomic E-state index is 0.0563. The van der Waals surface area contributed by atoms with Crippen molar-refractivity contribution in [1.82, 2.24) is 0 Å². The van der Waals surface area contributed by atoms with Crippen molar-refractivity contribution in [2.75, 3.05) is 0 Å². The Labute approximate surface area is 129 Å². The van der Waals surface area contributed by atoms with Gasteiger partial charge in [-0.3, -0.25) is 4.79 Å². The van der Waals surface area contributed by atoms with Crippen LogP contribution in [0.15, 0.2) is 29.3 Å². The van der Waals surface area contributed by atoms with Gasteiger partial charge in [-0.15, -0.1) is 0 Å². The van der Waals surface area contributed by atoms with E-state index in [0.717, 1.165) is 37.0 Å². The van der Waals surface area contributed by atoms with Crippen LogP contribution in [-0.4, -0.2) is 17.5 Å². The smallest absolute Gasteiger partial charge is 0.221 e. The summed E-state index contributed by atoms with van der Waals surface area (Å²) in [4.78, 5) is 12.4. The number of Topliss-reactive ketones (excluding diaryl/α,β-unsaturated/α-hetero) is 1. The topological polar surface area (TPSA) is 35.5 Å². The molecule has 0 unspecified atom stereocenters. The number of carbonyl (C=O) groups excluding carboxylic acids is 1. The fourth-order valence-corrected chi connectivity index (χ4v) is 3.33. The zero-order chi connectivity index (χ0) is 15.0. The molecule has 1 aromatic rings. The zero-order valence-electron chi connectivity index (χ0n) is 12.3. The molecule has 1 aliphatic heterocycles. The Hall–Kier alpha value is -1.48. The summed E-state index contributed by atoms with van der Waals surface area (Å²) in [6.07, 6.45) is 3.69. The maximum Gasteiger partial charge on any atom is 0.221 e. The van der Waals surface area contributed by atoms with Crippen LogP contribution in [0, 0.1) is 0 Å². The lowest BCUT2D eigenvalue weighted by Gasteiger charge is -2.22. The van der Waals surface area contributed by atoms with E-state index in [-0.39, 0.29) is 16.9 Å². The molecule has 2 aliphatic rings. The molecule has 3 rings (SSSR count). The minimum Gasteiger partial charge on any atom is -0.491 e. The molecule has 0 bridgehead atoms. The van der Waals surface area contributed by atoms with Gasteiger partial charge in [0.25, 0.3) is 0 Å². The summed E-state index contributed by atoms with van der Waals surface area (Å²) in [7, 11) is 0. The Bertz CT molecular complexity index is 581. The second kappa shape index (κ2) is 5.38. The Morgan fingerprint density at radius 1 is 1.19 bits per heavy atom. The molecule has 3 nitrogen and oxygen atoms in total. The van der Waals surface area contributed by atoms with Crippen molar-refractivity contribution in [1.29, 1.82) is 0 Å². The van der Waals surface area contributed by atoms with Gasteiger partial charge in [0, 0.05) is 5.56 Å². The van der Waals surface area contributed by atoms with Gasteiger partial charge in [-0.2, -0.15) is 0 Å². The van der Waals surface area contributed by atoms with Crippen molar-refractivity contribution in [2.24, 2.45) is 0 Å². The van der Waals surface area contributed by atoms with E-state index in [9.17, 15) is 4.79 Å². The normalized spacial score (nSPS) is 20.5. The van der Waals surface area contributed by atoms with Gasteiger partial charge < -0.3 is 9.47 Å². The van der Waals surface area contributed by atoms with E-state index < -0.39 is 5.60 Å². The van der Waals surface area contributed by atoms with Crippen molar-refractivity contribution in [3.05, 3.63) is 34.9 Å². The minimum atomic E-state index is -0.695.